The van der Waals surface area contributed by atoms with Gasteiger partial charge >= 0.3 is 5.97 Å². The SMILES string of the molecule is N[C@H](CC(=O)O)c1ccccc1[N+](=O)[O-]. The molecule has 0 heterocycles. The third kappa shape index (κ3) is 2.75. The average Bonchev–Trinajstić information content (AvgIpc) is 2.16. The molecule has 6 nitrogen and oxygen atoms in total. The lowest BCUT2D eigenvalue weighted by molar-refractivity contribution is -0.385. The Morgan fingerprint density at radius 3 is 2.67 bits per heavy atom. The van der Waals surface area contributed by atoms with Gasteiger partial charge in [0.25, 0.3) is 5.69 Å². The highest BCUT2D eigenvalue weighted by molar-refractivity contribution is 5.68. The molecule has 0 radical (unpaired) electrons. The summed E-state index contributed by atoms with van der Waals surface area (Å²) in [4.78, 5) is 20.5. The van der Waals surface area contributed by atoms with Crippen molar-refractivity contribution in [3.05, 3.63) is 39.9 Å². The molecule has 0 aliphatic heterocycles. The largest absolute Gasteiger partial charge is 0.481 e. The van der Waals surface area contributed by atoms with Gasteiger partial charge in [-0.1, -0.05) is 18.2 Å². The summed E-state index contributed by atoms with van der Waals surface area (Å²) in [5.41, 5.74) is 5.64. The number of hydrogen-bond donors (Lipinski definition) is 2. The fourth-order valence-corrected chi connectivity index (χ4v) is 1.27. The van der Waals surface area contributed by atoms with Gasteiger partial charge in [-0.3, -0.25) is 14.9 Å². The first-order valence-corrected chi connectivity index (χ1v) is 4.23. The van der Waals surface area contributed by atoms with Crippen LogP contribution < -0.4 is 5.73 Å². The van der Waals surface area contributed by atoms with Gasteiger partial charge in [0, 0.05) is 17.7 Å². The van der Waals surface area contributed by atoms with Gasteiger partial charge < -0.3 is 10.8 Å². The van der Waals surface area contributed by atoms with E-state index in [2.05, 4.69) is 0 Å². The lowest BCUT2D eigenvalue weighted by Gasteiger charge is -2.08. The summed E-state index contributed by atoms with van der Waals surface area (Å²) in [6.45, 7) is 0. The van der Waals surface area contributed by atoms with E-state index < -0.39 is 16.9 Å². The van der Waals surface area contributed by atoms with Crippen molar-refractivity contribution in [2.24, 2.45) is 5.73 Å². The molecule has 0 amide bonds. The average molecular weight is 210 g/mol. The van der Waals surface area contributed by atoms with Crippen LogP contribution >= 0.6 is 0 Å². The monoisotopic (exact) mass is 210 g/mol. The van der Waals surface area contributed by atoms with Crippen LogP contribution in [-0.2, 0) is 4.79 Å². The third-order valence-corrected chi connectivity index (χ3v) is 1.93. The number of aliphatic carboxylic acids is 1. The van der Waals surface area contributed by atoms with Crippen LogP contribution in [-0.4, -0.2) is 16.0 Å². The molecule has 0 aromatic heterocycles. The Morgan fingerprint density at radius 1 is 1.53 bits per heavy atom. The fraction of sp³-hybridized carbons (Fsp3) is 0.222. The van der Waals surface area contributed by atoms with Gasteiger partial charge in [-0.15, -0.1) is 0 Å². The second kappa shape index (κ2) is 4.52. The molecule has 15 heavy (non-hydrogen) atoms. The molecular formula is C9H10N2O4. The first kappa shape index (κ1) is 11.1. The zero-order valence-electron chi connectivity index (χ0n) is 7.79. The van der Waals surface area contributed by atoms with Crippen molar-refractivity contribution in [3.63, 3.8) is 0 Å². The van der Waals surface area contributed by atoms with Crippen LogP contribution in [0.1, 0.15) is 18.0 Å². The molecule has 0 spiro atoms. The van der Waals surface area contributed by atoms with Gasteiger partial charge in [0.1, 0.15) is 0 Å². The van der Waals surface area contributed by atoms with Crippen LogP contribution in [0.25, 0.3) is 0 Å². The van der Waals surface area contributed by atoms with Crippen LogP contribution in [0.2, 0.25) is 0 Å². The molecule has 0 unspecified atom stereocenters. The van der Waals surface area contributed by atoms with Gasteiger partial charge in [-0.05, 0) is 0 Å². The summed E-state index contributed by atoms with van der Waals surface area (Å²) in [5.74, 6) is -1.08. The van der Waals surface area contributed by atoms with E-state index in [4.69, 9.17) is 10.8 Å². The molecule has 3 N–H and O–H groups in total. The molecule has 80 valence electrons. The number of nitrogens with two attached hydrogens (primary N) is 1. The third-order valence-electron chi connectivity index (χ3n) is 1.93. The topological polar surface area (TPSA) is 106 Å². The maximum Gasteiger partial charge on any atom is 0.305 e. The van der Waals surface area contributed by atoms with Crippen LogP contribution in [0.15, 0.2) is 24.3 Å². The Balaban J connectivity index is 3.02. The smallest absolute Gasteiger partial charge is 0.305 e. The van der Waals surface area contributed by atoms with E-state index in [0.717, 1.165) is 0 Å². The van der Waals surface area contributed by atoms with Crippen molar-refractivity contribution in [1.82, 2.24) is 0 Å². The highest BCUT2D eigenvalue weighted by Gasteiger charge is 2.20. The summed E-state index contributed by atoms with van der Waals surface area (Å²) in [6, 6.07) is 5.01. The molecule has 0 saturated carbocycles. The zero-order valence-corrected chi connectivity index (χ0v) is 7.79. The second-order valence-corrected chi connectivity index (χ2v) is 3.02. The Hall–Kier alpha value is -1.95. The van der Waals surface area contributed by atoms with E-state index in [-0.39, 0.29) is 17.7 Å². The van der Waals surface area contributed by atoms with E-state index >= 15 is 0 Å². The van der Waals surface area contributed by atoms with Crippen molar-refractivity contribution in [1.29, 1.82) is 0 Å². The molecule has 6 heteroatoms. The standard InChI is InChI=1S/C9H10N2O4/c10-7(5-9(12)13)6-3-1-2-4-8(6)11(14)15/h1-4,7H,5,10H2,(H,12,13)/t7-/m1/s1. The van der Waals surface area contributed by atoms with Gasteiger partial charge in [0.15, 0.2) is 0 Å². The molecule has 0 bridgehead atoms. The van der Waals surface area contributed by atoms with Crippen LogP contribution in [0.4, 0.5) is 5.69 Å². The molecule has 1 aromatic carbocycles. The van der Waals surface area contributed by atoms with Crippen molar-refractivity contribution in [3.8, 4) is 0 Å². The predicted octanol–water partition coefficient (Wildman–Crippen LogP) is 1.07. The normalized spacial score (nSPS) is 12.1. The number of hydrogen-bond acceptors (Lipinski definition) is 4. The summed E-state index contributed by atoms with van der Waals surface area (Å²) in [7, 11) is 0. The second-order valence-electron chi connectivity index (χ2n) is 3.02. The first-order valence-electron chi connectivity index (χ1n) is 4.23. The van der Waals surface area contributed by atoms with Gasteiger partial charge in [0.05, 0.1) is 11.3 Å². The van der Waals surface area contributed by atoms with E-state index in [1.165, 1.54) is 18.2 Å². The maximum atomic E-state index is 10.6. The number of rotatable bonds is 4. The number of carbonyl (C=O) groups is 1. The molecule has 0 saturated heterocycles. The summed E-state index contributed by atoms with van der Waals surface area (Å²) < 4.78 is 0. The number of carboxylic acids is 1. The number of nitro benzene ring substituents is 1. The molecule has 1 aromatic rings. The number of nitrogens with zero attached hydrogens (tertiary/aromatic N) is 1. The lowest BCUT2D eigenvalue weighted by Crippen LogP contribution is -2.16. The Kier molecular flexibility index (Phi) is 3.35. The van der Waals surface area contributed by atoms with E-state index in [0.29, 0.717) is 0 Å². The minimum atomic E-state index is -1.08. The van der Waals surface area contributed by atoms with Gasteiger partial charge in [-0.25, -0.2) is 0 Å². The zero-order chi connectivity index (χ0) is 11.4. The van der Waals surface area contributed by atoms with E-state index in [1.807, 2.05) is 0 Å². The quantitative estimate of drug-likeness (QED) is 0.571. The Bertz CT molecular complexity index is 391. The Morgan fingerprint density at radius 2 is 2.13 bits per heavy atom. The number of carboxylic acid groups (broad SMARTS) is 1. The minimum Gasteiger partial charge on any atom is -0.481 e. The summed E-state index contributed by atoms with van der Waals surface area (Å²) in [6.07, 6.45) is -0.329. The van der Waals surface area contributed by atoms with E-state index in [1.54, 1.807) is 6.07 Å². The minimum absolute atomic E-state index is 0.147. The van der Waals surface area contributed by atoms with Crippen molar-refractivity contribution < 1.29 is 14.8 Å². The molecule has 1 atom stereocenters. The lowest BCUT2D eigenvalue weighted by atomic mass is 10.0. The van der Waals surface area contributed by atoms with Crippen LogP contribution in [0, 0.1) is 10.1 Å². The van der Waals surface area contributed by atoms with Gasteiger partial charge in [0.2, 0.25) is 0 Å². The summed E-state index contributed by atoms with van der Waals surface area (Å²) >= 11 is 0. The van der Waals surface area contributed by atoms with Crippen molar-refractivity contribution in [2.45, 2.75) is 12.5 Å². The molecule has 0 aliphatic rings. The van der Waals surface area contributed by atoms with Crippen molar-refractivity contribution >= 4 is 11.7 Å². The molecular weight excluding hydrogens is 200 g/mol. The molecule has 0 aliphatic carbocycles. The predicted molar refractivity (Wildman–Crippen MR) is 52.3 cm³/mol. The molecule has 1 rings (SSSR count). The Labute approximate surface area is 85.5 Å². The maximum absolute atomic E-state index is 10.6. The van der Waals surface area contributed by atoms with Crippen LogP contribution in [0.3, 0.4) is 0 Å². The fourth-order valence-electron chi connectivity index (χ4n) is 1.27. The number of para-hydroxylation sites is 1. The summed E-state index contributed by atoms with van der Waals surface area (Å²) in [5, 5.41) is 19.1. The first-order chi connectivity index (χ1) is 7.02. The molecule has 0 fully saturated rings. The van der Waals surface area contributed by atoms with E-state index in [9.17, 15) is 14.9 Å². The number of benzene rings is 1. The highest BCUT2D eigenvalue weighted by atomic mass is 16.6. The van der Waals surface area contributed by atoms with Crippen LogP contribution in [0.5, 0.6) is 0 Å². The van der Waals surface area contributed by atoms with Crippen molar-refractivity contribution in [2.75, 3.05) is 0 Å². The number of nitro groups is 1. The van der Waals surface area contributed by atoms with Gasteiger partial charge in [-0.2, -0.15) is 0 Å². The highest BCUT2D eigenvalue weighted by Crippen LogP contribution is 2.24.